The van der Waals surface area contributed by atoms with Gasteiger partial charge in [0.1, 0.15) is 12.4 Å². The van der Waals surface area contributed by atoms with Crippen molar-refractivity contribution in [1.82, 2.24) is 0 Å². The van der Waals surface area contributed by atoms with Crippen LogP contribution in [0.15, 0.2) is 54.1 Å². The standard InChI is InChI=1S/C20H20O3/c1-3-7-16-13-23-18-11-10-15(20(21)22-2)12-17(18)19(16)14-8-5-4-6-9-14/h4-6,8-12H,3,7,13H2,1-2H3. The molecule has 0 saturated carbocycles. The van der Waals surface area contributed by atoms with Gasteiger partial charge in [0.25, 0.3) is 0 Å². The number of carbonyl (C=O) groups is 1. The maximum atomic E-state index is 11.9. The summed E-state index contributed by atoms with van der Waals surface area (Å²) in [4.78, 5) is 11.9. The first-order chi connectivity index (χ1) is 11.2. The number of ether oxygens (including phenoxy) is 2. The summed E-state index contributed by atoms with van der Waals surface area (Å²) >= 11 is 0. The minimum atomic E-state index is -0.331. The average Bonchev–Trinajstić information content (AvgIpc) is 2.61. The lowest BCUT2D eigenvalue weighted by Gasteiger charge is -2.25. The molecule has 0 fully saturated rings. The van der Waals surface area contributed by atoms with Crippen molar-refractivity contribution in [3.8, 4) is 5.75 Å². The third-order valence-corrected chi connectivity index (χ3v) is 4.04. The zero-order valence-corrected chi connectivity index (χ0v) is 13.5. The van der Waals surface area contributed by atoms with Crippen LogP contribution < -0.4 is 4.74 Å². The summed E-state index contributed by atoms with van der Waals surface area (Å²) in [6.07, 6.45) is 2.03. The van der Waals surface area contributed by atoms with Crippen molar-refractivity contribution in [2.75, 3.05) is 13.7 Å². The van der Waals surface area contributed by atoms with E-state index >= 15 is 0 Å². The fourth-order valence-corrected chi connectivity index (χ4v) is 2.99. The zero-order valence-electron chi connectivity index (χ0n) is 13.5. The normalized spacial score (nSPS) is 13.3. The number of fused-ring (bicyclic) bond motifs is 1. The largest absolute Gasteiger partial charge is 0.489 e. The van der Waals surface area contributed by atoms with Gasteiger partial charge < -0.3 is 9.47 Å². The second-order valence-corrected chi connectivity index (χ2v) is 5.59. The maximum absolute atomic E-state index is 11.9. The Kier molecular flexibility index (Phi) is 4.47. The van der Waals surface area contributed by atoms with Crippen LogP contribution in [0.1, 0.15) is 41.3 Å². The number of methoxy groups -OCH3 is 1. The van der Waals surface area contributed by atoms with Crippen LogP contribution in [0.25, 0.3) is 5.57 Å². The van der Waals surface area contributed by atoms with Crippen molar-refractivity contribution in [2.24, 2.45) is 0 Å². The van der Waals surface area contributed by atoms with Crippen LogP contribution in [0.4, 0.5) is 0 Å². The Morgan fingerprint density at radius 2 is 1.96 bits per heavy atom. The van der Waals surface area contributed by atoms with Crippen molar-refractivity contribution in [1.29, 1.82) is 0 Å². The Bertz CT molecular complexity index is 745. The summed E-state index contributed by atoms with van der Waals surface area (Å²) in [5.74, 6) is 0.485. The molecular formula is C20H20O3. The van der Waals surface area contributed by atoms with E-state index in [1.807, 2.05) is 30.3 Å². The number of esters is 1. The van der Waals surface area contributed by atoms with Gasteiger partial charge in [-0.25, -0.2) is 4.79 Å². The lowest BCUT2D eigenvalue weighted by atomic mass is 9.88. The van der Waals surface area contributed by atoms with Crippen LogP contribution >= 0.6 is 0 Å². The summed E-state index contributed by atoms with van der Waals surface area (Å²) in [5.41, 5.74) is 5.12. The molecule has 0 unspecified atom stereocenters. The van der Waals surface area contributed by atoms with E-state index in [4.69, 9.17) is 9.47 Å². The number of carbonyl (C=O) groups excluding carboxylic acids is 1. The van der Waals surface area contributed by atoms with Gasteiger partial charge in [0, 0.05) is 5.56 Å². The maximum Gasteiger partial charge on any atom is 0.337 e. The van der Waals surface area contributed by atoms with Crippen LogP contribution in [0.2, 0.25) is 0 Å². The molecule has 3 nitrogen and oxygen atoms in total. The predicted octanol–water partition coefficient (Wildman–Crippen LogP) is 4.47. The van der Waals surface area contributed by atoms with E-state index in [0.29, 0.717) is 12.2 Å². The summed E-state index contributed by atoms with van der Waals surface area (Å²) in [5, 5.41) is 0. The van der Waals surface area contributed by atoms with Gasteiger partial charge in [-0.3, -0.25) is 0 Å². The van der Waals surface area contributed by atoms with Gasteiger partial charge in [0.15, 0.2) is 0 Å². The third kappa shape index (κ3) is 3.00. The SMILES string of the molecule is CCCC1=C(c2ccccc2)c2cc(C(=O)OC)ccc2OC1. The highest BCUT2D eigenvalue weighted by atomic mass is 16.5. The highest BCUT2D eigenvalue weighted by Gasteiger charge is 2.22. The zero-order chi connectivity index (χ0) is 16.2. The molecule has 0 saturated heterocycles. The average molecular weight is 308 g/mol. The fourth-order valence-electron chi connectivity index (χ4n) is 2.99. The fraction of sp³-hybridized carbons (Fsp3) is 0.250. The summed E-state index contributed by atoms with van der Waals surface area (Å²) in [6.45, 7) is 2.76. The molecule has 0 N–H and O–H groups in total. The number of rotatable bonds is 4. The van der Waals surface area contributed by atoms with Crippen LogP contribution in [0.5, 0.6) is 5.75 Å². The Morgan fingerprint density at radius 1 is 1.17 bits per heavy atom. The first-order valence-corrected chi connectivity index (χ1v) is 7.87. The molecule has 0 aliphatic carbocycles. The number of hydrogen-bond donors (Lipinski definition) is 0. The van der Waals surface area contributed by atoms with Gasteiger partial charge in [0.05, 0.1) is 12.7 Å². The molecule has 0 atom stereocenters. The van der Waals surface area contributed by atoms with Crippen molar-refractivity contribution in [2.45, 2.75) is 19.8 Å². The van der Waals surface area contributed by atoms with E-state index in [1.54, 1.807) is 6.07 Å². The van der Waals surface area contributed by atoms with Gasteiger partial charge in [0.2, 0.25) is 0 Å². The minimum absolute atomic E-state index is 0.331. The monoisotopic (exact) mass is 308 g/mol. The Morgan fingerprint density at radius 3 is 2.65 bits per heavy atom. The van der Waals surface area contributed by atoms with Crippen LogP contribution in [0, 0.1) is 0 Å². The minimum Gasteiger partial charge on any atom is -0.489 e. The molecule has 2 aromatic rings. The third-order valence-electron chi connectivity index (χ3n) is 4.04. The number of benzene rings is 2. The Hall–Kier alpha value is -2.55. The highest BCUT2D eigenvalue weighted by molar-refractivity contribution is 5.93. The second kappa shape index (κ2) is 6.69. The first kappa shape index (κ1) is 15.3. The van der Waals surface area contributed by atoms with E-state index in [2.05, 4.69) is 19.1 Å². The van der Waals surface area contributed by atoms with E-state index in [-0.39, 0.29) is 5.97 Å². The van der Waals surface area contributed by atoms with Crippen molar-refractivity contribution in [3.05, 3.63) is 70.8 Å². The summed E-state index contributed by atoms with van der Waals surface area (Å²) < 4.78 is 10.7. The van der Waals surface area contributed by atoms with Crippen molar-refractivity contribution in [3.63, 3.8) is 0 Å². The second-order valence-electron chi connectivity index (χ2n) is 5.59. The van der Waals surface area contributed by atoms with E-state index < -0.39 is 0 Å². The van der Waals surface area contributed by atoms with Crippen LogP contribution in [-0.2, 0) is 4.74 Å². The molecule has 1 aliphatic heterocycles. The molecule has 1 heterocycles. The van der Waals surface area contributed by atoms with Crippen molar-refractivity contribution >= 4 is 11.5 Å². The molecule has 0 bridgehead atoms. The smallest absolute Gasteiger partial charge is 0.337 e. The molecule has 3 heteroatoms. The van der Waals surface area contributed by atoms with Crippen molar-refractivity contribution < 1.29 is 14.3 Å². The van der Waals surface area contributed by atoms with Gasteiger partial charge in [-0.05, 0) is 41.3 Å². The Labute approximate surface area is 136 Å². The molecule has 3 rings (SSSR count). The predicted molar refractivity (Wildman–Crippen MR) is 90.6 cm³/mol. The molecule has 0 amide bonds. The Balaban J connectivity index is 2.18. The summed E-state index contributed by atoms with van der Waals surface area (Å²) in [6, 6.07) is 15.8. The van der Waals surface area contributed by atoms with E-state index in [1.165, 1.54) is 18.3 Å². The topological polar surface area (TPSA) is 35.5 Å². The van der Waals surface area contributed by atoms with Crippen LogP contribution in [-0.4, -0.2) is 19.7 Å². The van der Waals surface area contributed by atoms with Crippen LogP contribution in [0.3, 0.4) is 0 Å². The van der Waals surface area contributed by atoms with E-state index in [9.17, 15) is 4.79 Å². The molecule has 0 radical (unpaired) electrons. The van der Waals surface area contributed by atoms with E-state index in [0.717, 1.165) is 29.7 Å². The molecule has 2 aromatic carbocycles. The first-order valence-electron chi connectivity index (χ1n) is 7.87. The summed E-state index contributed by atoms with van der Waals surface area (Å²) in [7, 11) is 1.40. The molecule has 118 valence electrons. The number of hydrogen-bond acceptors (Lipinski definition) is 3. The highest BCUT2D eigenvalue weighted by Crippen LogP contribution is 2.39. The van der Waals surface area contributed by atoms with Gasteiger partial charge in [-0.1, -0.05) is 43.7 Å². The molecule has 23 heavy (non-hydrogen) atoms. The van der Waals surface area contributed by atoms with Gasteiger partial charge in [-0.15, -0.1) is 0 Å². The molecular weight excluding hydrogens is 288 g/mol. The molecule has 0 spiro atoms. The lowest BCUT2D eigenvalue weighted by Crippen LogP contribution is -2.13. The van der Waals surface area contributed by atoms with Gasteiger partial charge in [-0.2, -0.15) is 0 Å². The molecule has 0 aromatic heterocycles. The lowest BCUT2D eigenvalue weighted by molar-refractivity contribution is 0.0600. The molecule has 1 aliphatic rings. The van der Waals surface area contributed by atoms with Gasteiger partial charge >= 0.3 is 5.97 Å². The quantitative estimate of drug-likeness (QED) is 0.782.